The Labute approximate surface area is 333 Å². The van der Waals surface area contributed by atoms with E-state index >= 15 is 0 Å². The minimum absolute atomic E-state index is 0.195. The van der Waals surface area contributed by atoms with Crippen molar-refractivity contribution in [2.45, 2.75) is 70.6 Å². The van der Waals surface area contributed by atoms with E-state index in [2.05, 4.69) is 0 Å². The van der Waals surface area contributed by atoms with E-state index in [0.717, 1.165) is 39.1 Å². The van der Waals surface area contributed by atoms with Gasteiger partial charge >= 0.3 is 11.9 Å². The topological polar surface area (TPSA) is 98.8 Å². The van der Waals surface area contributed by atoms with Crippen LogP contribution in [-0.2, 0) is 64.3 Å². The fraction of sp³-hybridized carbons (Fsp3) is 0.304. The summed E-state index contributed by atoms with van der Waals surface area (Å²) in [6, 6.07) is 43.3. The van der Waals surface area contributed by atoms with Gasteiger partial charge in [-0.2, -0.15) is 0 Å². The molecule has 292 valence electrons. The van der Waals surface area contributed by atoms with Crippen molar-refractivity contribution in [3.63, 3.8) is 0 Å². The predicted molar refractivity (Wildman–Crippen MR) is 212 cm³/mol. The van der Waals surface area contributed by atoms with Crippen molar-refractivity contribution in [1.82, 2.24) is 0 Å². The van der Waals surface area contributed by atoms with Crippen LogP contribution in [-0.4, -0.2) is 56.2 Å². The molecule has 5 aromatic rings. The molecule has 1 aliphatic rings. The van der Waals surface area contributed by atoms with Crippen LogP contribution in [0.1, 0.15) is 53.3 Å². The normalized spacial score (nSPS) is 19.2. The van der Waals surface area contributed by atoms with Crippen molar-refractivity contribution in [3.8, 4) is 5.75 Å². The lowest BCUT2D eigenvalue weighted by Crippen LogP contribution is -2.58. The maximum Gasteiger partial charge on any atom is 0.344 e. The molecule has 1 fully saturated rings. The van der Waals surface area contributed by atoms with Gasteiger partial charge in [0.05, 0.1) is 26.4 Å². The van der Waals surface area contributed by atoms with Crippen LogP contribution in [0, 0.1) is 0 Å². The van der Waals surface area contributed by atoms with E-state index < -0.39 is 49.1 Å². The molecule has 1 aliphatic heterocycles. The van der Waals surface area contributed by atoms with E-state index in [0.29, 0.717) is 18.1 Å². The minimum atomic E-state index is -0.812. The van der Waals surface area contributed by atoms with E-state index in [1.165, 1.54) is 6.92 Å². The molecule has 5 atom stereocenters. The van der Waals surface area contributed by atoms with Gasteiger partial charge in [-0.15, -0.1) is 0 Å². The van der Waals surface area contributed by atoms with Crippen LogP contribution in [0.25, 0.3) is 0 Å². The first kappa shape index (κ1) is 40.6. The number of rotatable bonds is 18. The van der Waals surface area contributed by atoms with Crippen molar-refractivity contribution in [2.75, 3.05) is 19.8 Å². The Bertz CT molecular complexity index is 1960. The molecule has 0 unspecified atom stereocenters. The van der Waals surface area contributed by atoms with Crippen LogP contribution in [0.5, 0.6) is 5.75 Å². The number of esters is 2. The fourth-order valence-electron chi connectivity index (χ4n) is 6.56. The molecular weight excluding hydrogens is 732 g/mol. The van der Waals surface area contributed by atoms with E-state index in [4.69, 9.17) is 44.8 Å². The molecule has 1 saturated heterocycles. The summed E-state index contributed by atoms with van der Waals surface area (Å²) < 4.78 is 43.5. The van der Waals surface area contributed by atoms with Crippen molar-refractivity contribution in [2.24, 2.45) is 0 Å². The lowest BCUT2D eigenvalue weighted by Gasteiger charge is -2.46. The molecular formula is C46H47ClO9. The molecule has 0 bridgehead atoms. The summed E-state index contributed by atoms with van der Waals surface area (Å²) >= 11 is 6.84. The average Bonchev–Trinajstić information content (AvgIpc) is 3.22. The zero-order valence-electron chi connectivity index (χ0n) is 31.6. The number of benzene rings is 5. The summed E-state index contributed by atoms with van der Waals surface area (Å²) in [7, 11) is 0. The summed E-state index contributed by atoms with van der Waals surface area (Å²) in [6.07, 6.45) is -3.10. The van der Waals surface area contributed by atoms with Crippen molar-refractivity contribution in [3.05, 3.63) is 172 Å². The highest BCUT2D eigenvalue weighted by atomic mass is 35.5. The second-order valence-corrected chi connectivity index (χ2v) is 13.9. The van der Waals surface area contributed by atoms with Crippen molar-refractivity contribution in [1.29, 1.82) is 0 Å². The van der Waals surface area contributed by atoms with Crippen molar-refractivity contribution >= 4 is 23.5 Å². The number of halogens is 1. The van der Waals surface area contributed by atoms with Crippen LogP contribution in [0.2, 0.25) is 5.02 Å². The SMILES string of the molecule is CCOc1ccc(Cc2cc([C@@H]3O[C@H](COC(=O)COC(C)=O)[C@@H](OCc4ccccc4)[C@H](OCc4ccccc4)[C@H]3OCc3ccccc3)ccc2Cl)cc1. The van der Waals surface area contributed by atoms with E-state index in [9.17, 15) is 9.59 Å². The zero-order valence-corrected chi connectivity index (χ0v) is 32.3. The lowest BCUT2D eigenvalue weighted by atomic mass is 9.89. The second-order valence-electron chi connectivity index (χ2n) is 13.4. The molecule has 56 heavy (non-hydrogen) atoms. The monoisotopic (exact) mass is 778 g/mol. The molecule has 9 nitrogen and oxygen atoms in total. The van der Waals surface area contributed by atoms with Gasteiger partial charge in [-0.3, -0.25) is 4.79 Å². The van der Waals surface area contributed by atoms with Crippen LogP contribution in [0.4, 0.5) is 0 Å². The van der Waals surface area contributed by atoms with Gasteiger partial charge < -0.3 is 33.2 Å². The Morgan fingerprint density at radius 3 is 1.75 bits per heavy atom. The Morgan fingerprint density at radius 2 is 1.20 bits per heavy atom. The summed E-state index contributed by atoms with van der Waals surface area (Å²) in [5, 5.41) is 0.608. The molecule has 0 radical (unpaired) electrons. The molecule has 0 saturated carbocycles. The Kier molecular flexibility index (Phi) is 15.1. The third kappa shape index (κ3) is 11.7. The molecule has 5 aromatic carbocycles. The number of ether oxygens (including phenoxy) is 7. The first-order valence-corrected chi connectivity index (χ1v) is 19.1. The number of hydrogen-bond acceptors (Lipinski definition) is 9. The smallest absolute Gasteiger partial charge is 0.344 e. The summed E-state index contributed by atoms with van der Waals surface area (Å²) in [5.74, 6) is -0.498. The third-order valence-electron chi connectivity index (χ3n) is 9.32. The second kappa shape index (κ2) is 20.8. The molecule has 0 N–H and O–H groups in total. The maximum absolute atomic E-state index is 12.8. The number of carbonyl (C=O) groups excluding carboxylic acids is 2. The summed E-state index contributed by atoms with van der Waals surface area (Å²) in [5.41, 5.74) is 5.65. The van der Waals surface area contributed by atoms with E-state index in [1.54, 1.807) is 0 Å². The first-order valence-electron chi connectivity index (χ1n) is 18.8. The van der Waals surface area contributed by atoms with Gasteiger partial charge in [0.25, 0.3) is 0 Å². The highest BCUT2D eigenvalue weighted by Crippen LogP contribution is 2.40. The standard InChI is InChI=1S/C46H47ClO9/c1-3-50-39-22-19-33(20-23-39)25-38-26-37(21-24-40(38)47)43-45(54-28-35-15-9-5-10-16-35)46(55-29-36-17-11-6-12-18-36)44(53-27-34-13-7-4-8-14-34)41(56-43)30-52-42(49)31-51-32(2)48/h4-24,26,41,43-46H,3,25,27-31H2,1-2H3/t41-,43+,44-,45+,46+/m1/s1. The lowest BCUT2D eigenvalue weighted by molar-refractivity contribution is -0.273. The molecule has 0 amide bonds. The van der Waals surface area contributed by atoms with E-state index in [1.807, 2.05) is 140 Å². The van der Waals surface area contributed by atoms with Gasteiger partial charge in [0.2, 0.25) is 0 Å². The quantitative estimate of drug-likeness (QED) is 0.0810. The van der Waals surface area contributed by atoms with Gasteiger partial charge in [0, 0.05) is 11.9 Å². The molecule has 6 rings (SSSR count). The molecule has 0 aliphatic carbocycles. The molecule has 0 aromatic heterocycles. The van der Waals surface area contributed by atoms with Crippen LogP contribution in [0.3, 0.4) is 0 Å². The maximum atomic E-state index is 12.8. The molecule has 1 heterocycles. The Morgan fingerprint density at radius 1 is 0.643 bits per heavy atom. The van der Waals surface area contributed by atoms with Gasteiger partial charge in [-0.05, 0) is 64.9 Å². The first-order chi connectivity index (χ1) is 27.4. The van der Waals surface area contributed by atoms with Gasteiger partial charge in [-0.25, -0.2) is 4.79 Å². The van der Waals surface area contributed by atoms with Crippen molar-refractivity contribution < 1.29 is 42.7 Å². The number of hydrogen-bond donors (Lipinski definition) is 0. The van der Waals surface area contributed by atoms with Gasteiger partial charge in [-0.1, -0.05) is 127 Å². The summed E-state index contributed by atoms with van der Waals surface area (Å²) in [4.78, 5) is 24.2. The predicted octanol–water partition coefficient (Wildman–Crippen LogP) is 8.63. The fourth-order valence-corrected chi connectivity index (χ4v) is 6.75. The van der Waals surface area contributed by atoms with Crippen LogP contribution >= 0.6 is 11.6 Å². The largest absolute Gasteiger partial charge is 0.494 e. The Balaban J connectivity index is 1.38. The average molecular weight is 779 g/mol. The Hall–Kier alpha value is -5.03. The van der Waals surface area contributed by atoms with Gasteiger partial charge in [0.1, 0.15) is 42.9 Å². The van der Waals surface area contributed by atoms with Crippen LogP contribution < -0.4 is 4.74 Å². The number of carbonyl (C=O) groups is 2. The highest BCUT2D eigenvalue weighted by molar-refractivity contribution is 6.31. The van der Waals surface area contributed by atoms with E-state index in [-0.39, 0.29) is 26.4 Å². The van der Waals surface area contributed by atoms with Crippen LogP contribution in [0.15, 0.2) is 133 Å². The minimum Gasteiger partial charge on any atom is -0.494 e. The highest BCUT2D eigenvalue weighted by Gasteiger charge is 2.49. The zero-order chi connectivity index (χ0) is 39.1. The molecule has 10 heteroatoms. The third-order valence-corrected chi connectivity index (χ3v) is 9.69. The van der Waals surface area contributed by atoms with Gasteiger partial charge in [0.15, 0.2) is 6.61 Å². The summed E-state index contributed by atoms with van der Waals surface area (Å²) in [6.45, 7) is 3.83. The molecule has 0 spiro atoms.